The minimum Gasteiger partial charge on any atom is -0.493 e. The minimum atomic E-state index is -4.46. The molecule has 0 bridgehead atoms. The first-order valence-electron chi connectivity index (χ1n) is 9.07. The Bertz CT molecular complexity index is 915. The average Bonchev–Trinajstić information content (AvgIpc) is 2.68. The summed E-state index contributed by atoms with van der Waals surface area (Å²) in [6, 6.07) is 9.94. The average molecular weight is 441 g/mol. The van der Waals surface area contributed by atoms with Gasteiger partial charge in [-0.25, -0.2) is 0 Å². The Labute approximate surface area is 177 Å². The van der Waals surface area contributed by atoms with Crippen molar-refractivity contribution in [2.45, 2.75) is 31.9 Å². The normalized spacial score (nSPS) is 11.9. The third-order valence-electron chi connectivity index (χ3n) is 4.05. The van der Waals surface area contributed by atoms with Crippen LogP contribution in [0.2, 0.25) is 5.02 Å². The van der Waals surface area contributed by atoms with Gasteiger partial charge in [0.2, 0.25) is 0 Å². The monoisotopic (exact) mass is 440 g/mol. The van der Waals surface area contributed by atoms with Gasteiger partial charge in [0.25, 0.3) is 0 Å². The molecule has 160 valence electrons. The fourth-order valence-corrected chi connectivity index (χ4v) is 2.86. The van der Waals surface area contributed by atoms with Crippen LogP contribution in [0.15, 0.2) is 42.5 Å². The molecule has 0 fully saturated rings. The molecule has 2 aromatic rings. The summed E-state index contributed by atoms with van der Waals surface area (Å²) >= 11 is 5.84. The molecule has 4 nitrogen and oxygen atoms in total. The Hall–Kier alpha value is -2.85. The van der Waals surface area contributed by atoms with Crippen molar-refractivity contribution < 1.29 is 32.5 Å². The zero-order chi connectivity index (χ0) is 22.1. The van der Waals surface area contributed by atoms with Crippen molar-refractivity contribution in [2.75, 3.05) is 13.2 Å². The van der Waals surface area contributed by atoms with Crippen LogP contribution in [0.25, 0.3) is 0 Å². The molecule has 0 radical (unpaired) electrons. The van der Waals surface area contributed by atoms with Gasteiger partial charge in [0.05, 0.1) is 36.1 Å². The van der Waals surface area contributed by atoms with E-state index in [0.29, 0.717) is 18.8 Å². The SMILES string of the molecule is CC#CC(CC(=O)O)c1ccc(OCCCOc2ccc(C(F)(F)F)cc2Cl)cc1. The van der Waals surface area contributed by atoms with Crippen molar-refractivity contribution in [1.29, 1.82) is 0 Å². The first kappa shape index (κ1) is 23.4. The van der Waals surface area contributed by atoms with E-state index in [9.17, 15) is 18.0 Å². The zero-order valence-corrected chi connectivity index (χ0v) is 16.9. The Morgan fingerprint density at radius 3 is 2.37 bits per heavy atom. The maximum atomic E-state index is 12.6. The van der Waals surface area contributed by atoms with E-state index in [-0.39, 0.29) is 29.7 Å². The number of halogens is 4. The van der Waals surface area contributed by atoms with Crippen LogP contribution in [0, 0.1) is 11.8 Å². The molecular weight excluding hydrogens is 421 g/mol. The predicted octanol–water partition coefficient (Wildman–Crippen LogP) is 5.79. The van der Waals surface area contributed by atoms with Crippen LogP contribution in [0.3, 0.4) is 0 Å². The van der Waals surface area contributed by atoms with E-state index in [1.807, 2.05) is 0 Å². The van der Waals surface area contributed by atoms with Crippen LogP contribution < -0.4 is 9.47 Å². The molecule has 0 aromatic heterocycles. The molecule has 0 saturated heterocycles. The second-order valence-electron chi connectivity index (χ2n) is 6.31. The number of benzene rings is 2. The number of rotatable bonds is 9. The molecular formula is C22H20ClF3O4. The van der Waals surface area contributed by atoms with Crippen LogP contribution >= 0.6 is 11.6 Å². The summed E-state index contributed by atoms with van der Waals surface area (Å²) in [6.45, 7) is 2.20. The highest BCUT2D eigenvalue weighted by atomic mass is 35.5. The highest BCUT2D eigenvalue weighted by Gasteiger charge is 2.31. The molecule has 2 aromatic carbocycles. The van der Waals surface area contributed by atoms with Gasteiger partial charge in [-0.15, -0.1) is 5.92 Å². The summed E-state index contributed by atoms with van der Waals surface area (Å²) in [7, 11) is 0. The second-order valence-corrected chi connectivity index (χ2v) is 6.71. The molecule has 0 heterocycles. The fourth-order valence-electron chi connectivity index (χ4n) is 2.62. The molecule has 1 unspecified atom stereocenters. The third kappa shape index (κ3) is 7.20. The van der Waals surface area contributed by atoms with Gasteiger partial charge in [0.1, 0.15) is 11.5 Å². The Balaban J connectivity index is 1.80. The van der Waals surface area contributed by atoms with E-state index in [0.717, 1.165) is 17.7 Å². The second kappa shape index (κ2) is 10.8. The number of aliphatic carboxylic acids is 1. The topological polar surface area (TPSA) is 55.8 Å². The Morgan fingerprint density at radius 2 is 1.80 bits per heavy atom. The van der Waals surface area contributed by atoms with Crippen molar-refractivity contribution in [3.05, 3.63) is 58.6 Å². The molecule has 0 amide bonds. The van der Waals surface area contributed by atoms with Gasteiger partial charge in [-0.05, 0) is 42.8 Å². The van der Waals surface area contributed by atoms with Crippen molar-refractivity contribution >= 4 is 17.6 Å². The minimum absolute atomic E-state index is 0.0785. The van der Waals surface area contributed by atoms with E-state index >= 15 is 0 Å². The van der Waals surface area contributed by atoms with Crippen LogP contribution in [0.4, 0.5) is 13.2 Å². The van der Waals surface area contributed by atoms with Crippen LogP contribution in [0.1, 0.15) is 36.8 Å². The maximum absolute atomic E-state index is 12.6. The molecule has 1 atom stereocenters. The Morgan fingerprint density at radius 1 is 1.13 bits per heavy atom. The quantitative estimate of drug-likeness (QED) is 0.396. The van der Waals surface area contributed by atoms with Gasteiger partial charge in [-0.3, -0.25) is 4.79 Å². The Kier molecular flexibility index (Phi) is 8.43. The van der Waals surface area contributed by atoms with Crippen LogP contribution in [-0.2, 0) is 11.0 Å². The summed E-state index contributed by atoms with van der Waals surface area (Å²) in [5.41, 5.74) is -0.0403. The van der Waals surface area contributed by atoms with E-state index < -0.39 is 17.7 Å². The molecule has 0 aliphatic heterocycles. The van der Waals surface area contributed by atoms with Crippen LogP contribution in [0.5, 0.6) is 11.5 Å². The predicted molar refractivity (Wildman–Crippen MR) is 107 cm³/mol. The van der Waals surface area contributed by atoms with Crippen molar-refractivity contribution in [2.24, 2.45) is 0 Å². The summed E-state index contributed by atoms with van der Waals surface area (Å²) in [5.74, 6) is 5.09. The van der Waals surface area contributed by atoms with Crippen molar-refractivity contribution in [3.63, 3.8) is 0 Å². The highest BCUT2D eigenvalue weighted by molar-refractivity contribution is 6.32. The number of alkyl halides is 3. The maximum Gasteiger partial charge on any atom is 0.416 e. The number of hydrogen-bond donors (Lipinski definition) is 1. The fraction of sp³-hybridized carbons (Fsp3) is 0.318. The summed E-state index contributed by atoms with van der Waals surface area (Å²) in [4.78, 5) is 10.9. The van der Waals surface area contributed by atoms with Crippen LogP contribution in [-0.4, -0.2) is 24.3 Å². The molecule has 0 aliphatic rings. The van der Waals surface area contributed by atoms with Crippen molar-refractivity contribution in [3.8, 4) is 23.3 Å². The van der Waals surface area contributed by atoms with E-state index in [1.165, 1.54) is 6.07 Å². The van der Waals surface area contributed by atoms with E-state index in [2.05, 4.69) is 11.8 Å². The van der Waals surface area contributed by atoms with Crippen molar-refractivity contribution in [1.82, 2.24) is 0 Å². The lowest BCUT2D eigenvalue weighted by Crippen LogP contribution is -2.07. The van der Waals surface area contributed by atoms with Gasteiger partial charge in [-0.1, -0.05) is 29.7 Å². The zero-order valence-electron chi connectivity index (χ0n) is 16.1. The molecule has 0 aliphatic carbocycles. The molecule has 30 heavy (non-hydrogen) atoms. The highest BCUT2D eigenvalue weighted by Crippen LogP contribution is 2.34. The summed E-state index contributed by atoms with van der Waals surface area (Å²) in [5, 5.41) is 8.87. The largest absolute Gasteiger partial charge is 0.493 e. The number of carboxylic acids is 1. The summed E-state index contributed by atoms with van der Waals surface area (Å²) in [6.07, 6.45) is -4.05. The number of carboxylic acid groups (broad SMARTS) is 1. The lowest BCUT2D eigenvalue weighted by Gasteiger charge is -2.12. The number of ether oxygens (including phenoxy) is 2. The molecule has 0 spiro atoms. The van der Waals surface area contributed by atoms with Gasteiger partial charge in [0.15, 0.2) is 0 Å². The van der Waals surface area contributed by atoms with Gasteiger partial charge >= 0.3 is 12.1 Å². The standard InChI is InChI=1S/C22H20ClF3O4/c1-2-4-16(13-21(27)28)15-5-8-18(9-6-15)29-11-3-12-30-20-10-7-17(14-19(20)23)22(24,25)26/h5-10,14,16H,3,11-13H2,1H3,(H,27,28). The van der Waals surface area contributed by atoms with Gasteiger partial charge in [0, 0.05) is 6.42 Å². The van der Waals surface area contributed by atoms with E-state index in [4.69, 9.17) is 26.2 Å². The third-order valence-corrected chi connectivity index (χ3v) is 4.35. The molecule has 0 saturated carbocycles. The number of hydrogen-bond acceptors (Lipinski definition) is 3. The first-order valence-corrected chi connectivity index (χ1v) is 9.45. The smallest absolute Gasteiger partial charge is 0.416 e. The van der Waals surface area contributed by atoms with E-state index in [1.54, 1.807) is 31.2 Å². The first-order chi connectivity index (χ1) is 14.2. The number of carbonyl (C=O) groups is 1. The molecule has 2 rings (SSSR count). The van der Waals surface area contributed by atoms with Gasteiger partial charge < -0.3 is 14.6 Å². The lowest BCUT2D eigenvalue weighted by molar-refractivity contribution is -0.138. The lowest BCUT2D eigenvalue weighted by atomic mass is 9.96. The summed E-state index contributed by atoms with van der Waals surface area (Å²) < 4.78 is 48.9. The molecule has 8 heteroatoms. The van der Waals surface area contributed by atoms with Gasteiger partial charge in [-0.2, -0.15) is 13.2 Å². The molecule has 1 N–H and O–H groups in total.